The van der Waals surface area contributed by atoms with Crippen LogP contribution >= 0.6 is 0 Å². The van der Waals surface area contributed by atoms with Gasteiger partial charge < -0.3 is 9.47 Å². The molecule has 0 radical (unpaired) electrons. The van der Waals surface area contributed by atoms with Gasteiger partial charge in [0.05, 0.1) is 13.5 Å². The lowest BCUT2D eigenvalue weighted by atomic mass is 9.96. The molecule has 0 spiro atoms. The lowest BCUT2D eigenvalue weighted by Crippen LogP contribution is -2.33. The van der Waals surface area contributed by atoms with Gasteiger partial charge in [-0.05, 0) is 41.3 Å². The van der Waals surface area contributed by atoms with Crippen molar-refractivity contribution in [1.82, 2.24) is 4.90 Å². The predicted molar refractivity (Wildman–Crippen MR) is 143 cm³/mol. The van der Waals surface area contributed by atoms with E-state index in [4.69, 9.17) is 9.47 Å². The van der Waals surface area contributed by atoms with Crippen LogP contribution in [0.15, 0.2) is 115 Å². The fourth-order valence-electron chi connectivity index (χ4n) is 4.43. The summed E-state index contributed by atoms with van der Waals surface area (Å²) in [5.41, 5.74) is 4.56. The average Bonchev–Trinajstić information content (AvgIpc) is 2.95. The smallest absolute Gasteiger partial charge is 0.307 e. The molecule has 36 heavy (non-hydrogen) atoms. The van der Waals surface area contributed by atoms with Gasteiger partial charge in [-0.2, -0.15) is 0 Å². The monoisotopic (exact) mass is 479 g/mol. The molecule has 0 aromatic heterocycles. The van der Waals surface area contributed by atoms with E-state index in [2.05, 4.69) is 72.5 Å². The summed E-state index contributed by atoms with van der Waals surface area (Å²) in [6, 6.07) is 38.9. The molecular formula is C32H33NO3. The first-order valence-electron chi connectivity index (χ1n) is 12.3. The van der Waals surface area contributed by atoms with Gasteiger partial charge in [0.15, 0.2) is 0 Å². The van der Waals surface area contributed by atoms with Gasteiger partial charge in [-0.25, -0.2) is 0 Å². The van der Waals surface area contributed by atoms with Crippen molar-refractivity contribution in [3.05, 3.63) is 138 Å². The number of rotatable bonds is 11. The number of nitrogens with zero attached hydrogens (tertiary/aromatic N) is 1. The molecule has 0 aliphatic rings. The molecule has 184 valence electrons. The minimum atomic E-state index is -0.234. The van der Waals surface area contributed by atoms with E-state index in [1.807, 2.05) is 54.6 Å². The number of hydrogen-bond acceptors (Lipinski definition) is 4. The highest BCUT2D eigenvalue weighted by atomic mass is 16.5. The van der Waals surface area contributed by atoms with Crippen molar-refractivity contribution in [1.29, 1.82) is 0 Å². The van der Waals surface area contributed by atoms with Crippen LogP contribution in [0.1, 0.15) is 47.7 Å². The van der Waals surface area contributed by atoms with E-state index in [-0.39, 0.29) is 24.5 Å². The minimum Gasteiger partial charge on any atom is -0.489 e. The Bertz CT molecular complexity index is 1190. The average molecular weight is 480 g/mol. The highest BCUT2D eigenvalue weighted by Crippen LogP contribution is 2.35. The molecule has 0 fully saturated rings. The number of hydrogen-bond donors (Lipinski definition) is 0. The number of benzene rings is 4. The third kappa shape index (κ3) is 6.83. The van der Waals surface area contributed by atoms with Crippen LogP contribution in [-0.4, -0.2) is 18.0 Å². The Morgan fingerprint density at radius 1 is 0.722 bits per heavy atom. The van der Waals surface area contributed by atoms with Crippen LogP contribution in [0.25, 0.3) is 0 Å². The topological polar surface area (TPSA) is 38.8 Å². The third-order valence-electron chi connectivity index (χ3n) is 6.49. The molecule has 0 saturated heterocycles. The van der Waals surface area contributed by atoms with Gasteiger partial charge in [-0.15, -0.1) is 0 Å². The molecule has 2 atom stereocenters. The molecule has 0 aliphatic heterocycles. The summed E-state index contributed by atoms with van der Waals surface area (Å²) in [6.07, 6.45) is 0.255. The quantitative estimate of drug-likeness (QED) is 0.214. The number of carbonyl (C=O) groups excluding carboxylic acids is 1. The molecular weight excluding hydrogens is 446 g/mol. The highest BCUT2D eigenvalue weighted by molar-refractivity contribution is 5.70. The third-order valence-corrected chi connectivity index (χ3v) is 6.49. The SMILES string of the molecule is COC(=O)CC(c1ccc(OCc2ccccc2)cc1)N(Cc1ccccc1)C(C)c1ccccc1. The maximum absolute atomic E-state index is 12.6. The Balaban J connectivity index is 1.62. The zero-order valence-electron chi connectivity index (χ0n) is 20.9. The van der Waals surface area contributed by atoms with Crippen molar-refractivity contribution >= 4 is 5.97 Å². The Hall–Kier alpha value is -3.89. The van der Waals surface area contributed by atoms with Gasteiger partial charge in [0.1, 0.15) is 12.4 Å². The molecule has 4 nitrogen and oxygen atoms in total. The summed E-state index contributed by atoms with van der Waals surface area (Å²) in [7, 11) is 1.45. The van der Waals surface area contributed by atoms with E-state index in [0.29, 0.717) is 13.2 Å². The molecule has 4 rings (SSSR count). The number of carbonyl (C=O) groups is 1. The van der Waals surface area contributed by atoms with Gasteiger partial charge in [-0.3, -0.25) is 9.69 Å². The second kappa shape index (κ2) is 12.7. The Morgan fingerprint density at radius 2 is 1.28 bits per heavy atom. The van der Waals surface area contributed by atoms with Gasteiger partial charge in [0, 0.05) is 18.6 Å². The summed E-state index contributed by atoms with van der Waals surface area (Å²) >= 11 is 0. The van der Waals surface area contributed by atoms with Crippen molar-refractivity contribution in [2.75, 3.05) is 7.11 Å². The van der Waals surface area contributed by atoms with E-state index in [0.717, 1.165) is 16.9 Å². The second-order valence-electron chi connectivity index (χ2n) is 8.88. The van der Waals surface area contributed by atoms with E-state index in [9.17, 15) is 4.79 Å². The van der Waals surface area contributed by atoms with Crippen LogP contribution in [0.4, 0.5) is 0 Å². The van der Waals surface area contributed by atoms with Crippen molar-refractivity contribution in [3.8, 4) is 5.75 Å². The van der Waals surface area contributed by atoms with E-state index in [1.54, 1.807) is 0 Å². The van der Waals surface area contributed by atoms with Crippen LogP contribution in [-0.2, 0) is 22.7 Å². The predicted octanol–water partition coefficient (Wildman–Crippen LogP) is 7.13. The Labute approximate surface area is 214 Å². The molecule has 0 N–H and O–H groups in total. The molecule has 4 heteroatoms. The second-order valence-corrected chi connectivity index (χ2v) is 8.88. The highest BCUT2D eigenvalue weighted by Gasteiger charge is 2.29. The maximum Gasteiger partial charge on any atom is 0.307 e. The standard InChI is InChI=1S/C32H33NO3/c1-25(28-16-10-5-11-17-28)33(23-26-12-6-3-7-13-26)31(22-32(34)35-2)29-18-20-30(21-19-29)36-24-27-14-8-4-9-15-27/h3-21,25,31H,22-24H2,1-2H3. The normalized spacial score (nSPS) is 12.6. The first-order chi connectivity index (χ1) is 17.6. The molecule has 4 aromatic rings. The van der Waals surface area contributed by atoms with Crippen molar-refractivity contribution < 1.29 is 14.3 Å². The molecule has 0 aliphatic carbocycles. The fraction of sp³-hybridized carbons (Fsp3) is 0.219. The fourth-order valence-corrected chi connectivity index (χ4v) is 4.43. The van der Waals surface area contributed by atoms with Crippen molar-refractivity contribution in [2.45, 2.75) is 38.6 Å². The van der Waals surface area contributed by atoms with Crippen LogP contribution in [0.5, 0.6) is 5.75 Å². The zero-order valence-corrected chi connectivity index (χ0v) is 20.9. The number of methoxy groups -OCH3 is 1. The van der Waals surface area contributed by atoms with Crippen LogP contribution in [0.2, 0.25) is 0 Å². The van der Waals surface area contributed by atoms with E-state index < -0.39 is 0 Å². The molecule has 2 unspecified atom stereocenters. The molecule has 0 heterocycles. The lowest BCUT2D eigenvalue weighted by Gasteiger charge is -2.37. The van der Waals surface area contributed by atoms with E-state index in [1.165, 1.54) is 18.2 Å². The van der Waals surface area contributed by atoms with Crippen molar-refractivity contribution in [2.24, 2.45) is 0 Å². The van der Waals surface area contributed by atoms with Gasteiger partial charge in [0.25, 0.3) is 0 Å². The van der Waals surface area contributed by atoms with Crippen LogP contribution < -0.4 is 4.74 Å². The number of esters is 1. The Morgan fingerprint density at radius 3 is 1.86 bits per heavy atom. The Kier molecular flexibility index (Phi) is 8.90. The van der Waals surface area contributed by atoms with Crippen molar-refractivity contribution in [3.63, 3.8) is 0 Å². The first-order valence-corrected chi connectivity index (χ1v) is 12.3. The summed E-state index contributed by atoms with van der Waals surface area (Å²) < 4.78 is 11.1. The zero-order chi connectivity index (χ0) is 25.2. The minimum absolute atomic E-state index is 0.0788. The molecule has 0 saturated carbocycles. The summed E-state index contributed by atoms with van der Waals surface area (Å²) in [4.78, 5) is 14.9. The largest absolute Gasteiger partial charge is 0.489 e. The molecule has 0 amide bonds. The maximum atomic E-state index is 12.6. The summed E-state index contributed by atoms with van der Waals surface area (Å²) in [6.45, 7) is 3.40. The van der Waals surface area contributed by atoms with Crippen LogP contribution in [0.3, 0.4) is 0 Å². The van der Waals surface area contributed by atoms with Gasteiger partial charge in [0.2, 0.25) is 0 Å². The molecule has 4 aromatic carbocycles. The number of ether oxygens (including phenoxy) is 2. The lowest BCUT2D eigenvalue weighted by molar-refractivity contribution is -0.142. The molecule has 0 bridgehead atoms. The first kappa shape index (κ1) is 25.2. The van der Waals surface area contributed by atoms with Gasteiger partial charge in [-0.1, -0.05) is 103 Å². The summed E-state index contributed by atoms with van der Waals surface area (Å²) in [5, 5.41) is 0. The van der Waals surface area contributed by atoms with E-state index >= 15 is 0 Å². The summed E-state index contributed by atoms with van der Waals surface area (Å²) in [5.74, 6) is 0.563. The van der Waals surface area contributed by atoms with Crippen LogP contribution in [0, 0.1) is 0 Å². The van der Waals surface area contributed by atoms with Gasteiger partial charge >= 0.3 is 5.97 Å².